The molecule has 10 heteroatoms. The molecule has 2 aromatic rings. The molecule has 1 fully saturated rings. The van der Waals surface area contributed by atoms with E-state index in [1.807, 2.05) is 6.92 Å². The van der Waals surface area contributed by atoms with Gasteiger partial charge in [0.1, 0.15) is 17.7 Å². The number of ether oxygens (including phenoxy) is 1. The zero-order valence-electron chi connectivity index (χ0n) is 17.1. The number of rotatable bonds is 6. The van der Waals surface area contributed by atoms with Crippen LogP contribution in [-0.4, -0.2) is 48.2 Å². The van der Waals surface area contributed by atoms with E-state index in [1.165, 1.54) is 28.7 Å². The maximum atomic E-state index is 14.0. The molecule has 0 saturated carbocycles. The number of hydrogen-bond acceptors (Lipinski definition) is 5. The second-order valence-electron chi connectivity index (χ2n) is 7.42. The molecule has 0 bridgehead atoms. The van der Waals surface area contributed by atoms with Crippen LogP contribution in [0.2, 0.25) is 0 Å². The van der Waals surface area contributed by atoms with Crippen molar-refractivity contribution in [3.63, 3.8) is 0 Å². The van der Waals surface area contributed by atoms with Gasteiger partial charge in [-0.25, -0.2) is 17.6 Å². The molecular weight excluding hydrogens is 411 g/mol. The summed E-state index contributed by atoms with van der Waals surface area (Å²) in [6.07, 6.45) is 1.64. The highest BCUT2D eigenvalue weighted by Gasteiger charge is 2.34. The van der Waals surface area contributed by atoms with Crippen LogP contribution in [0.4, 0.5) is 20.6 Å². The first-order valence-electron chi connectivity index (χ1n) is 9.60. The third kappa shape index (κ3) is 5.45. The first kappa shape index (κ1) is 22.0. The Morgan fingerprint density at radius 1 is 1.23 bits per heavy atom. The zero-order chi connectivity index (χ0) is 21.9. The lowest BCUT2D eigenvalue weighted by atomic mass is 10.2. The zero-order valence-corrected chi connectivity index (χ0v) is 17.9. The molecule has 1 aliphatic rings. The number of aromatic nitrogens is 1. The number of urea groups is 1. The highest BCUT2D eigenvalue weighted by atomic mass is 32.2. The number of amides is 2. The van der Waals surface area contributed by atoms with Crippen molar-refractivity contribution < 1.29 is 22.3 Å². The molecule has 0 unspecified atom stereocenters. The lowest BCUT2D eigenvalue weighted by molar-refractivity contribution is 0.214. The molecule has 8 nitrogen and oxygen atoms in total. The average Bonchev–Trinajstić information content (AvgIpc) is 3.12. The molecule has 1 aliphatic heterocycles. The van der Waals surface area contributed by atoms with Crippen molar-refractivity contribution in [2.45, 2.75) is 38.5 Å². The maximum absolute atomic E-state index is 14.0. The van der Waals surface area contributed by atoms with Gasteiger partial charge in [0.25, 0.3) is 0 Å². The number of benzene rings is 1. The molecular formula is C20H25FN4O4S. The molecule has 1 aromatic carbocycles. The highest BCUT2D eigenvalue weighted by molar-refractivity contribution is 7.89. The molecule has 162 valence electrons. The Balaban J connectivity index is 1.63. The van der Waals surface area contributed by atoms with E-state index in [0.29, 0.717) is 18.7 Å². The van der Waals surface area contributed by atoms with Gasteiger partial charge in [-0.15, -0.1) is 0 Å². The van der Waals surface area contributed by atoms with Crippen LogP contribution in [0.15, 0.2) is 36.5 Å². The first-order chi connectivity index (χ1) is 14.1. The van der Waals surface area contributed by atoms with Crippen LogP contribution < -0.4 is 15.4 Å². The SMILES string of the molecule is Cc1ccc(NC(=O)Nc2cc(F)cc(O[C@H]3CCN(S(=O)(=O)C(C)C)C3)c2)cn1. The van der Waals surface area contributed by atoms with Gasteiger partial charge in [0.15, 0.2) is 0 Å². The molecule has 1 atom stereocenters. The van der Waals surface area contributed by atoms with Crippen molar-refractivity contribution in [3.8, 4) is 5.75 Å². The van der Waals surface area contributed by atoms with E-state index in [4.69, 9.17) is 4.74 Å². The number of nitrogens with zero attached hydrogens (tertiary/aromatic N) is 2. The minimum absolute atomic E-state index is 0.209. The van der Waals surface area contributed by atoms with Crippen LogP contribution in [0.25, 0.3) is 0 Å². The van der Waals surface area contributed by atoms with Gasteiger partial charge >= 0.3 is 6.03 Å². The van der Waals surface area contributed by atoms with Gasteiger partial charge in [0.2, 0.25) is 10.0 Å². The number of anilines is 2. The number of sulfonamides is 1. The molecule has 0 aliphatic carbocycles. The molecule has 30 heavy (non-hydrogen) atoms. The van der Waals surface area contributed by atoms with Gasteiger partial charge in [-0.2, -0.15) is 4.31 Å². The number of pyridine rings is 1. The number of hydrogen-bond donors (Lipinski definition) is 2. The average molecular weight is 437 g/mol. The van der Waals surface area contributed by atoms with Crippen molar-refractivity contribution in [1.82, 2.24) is 9.29 Å². The van der Waals surface area contributed by atoms with Crippen molar-refractivity contribution in [3.05, 3.63) is 48.0 Å². The van der Waals surface area contributed by atoms with E-state index >= 15 is 0 Å². The molecule has 2 N–H and O–H groups in total. The van der Waals surface area contributed by atoms with Crippen LogP contribution in [0.1, 0.15) is 26.0 Å². The summed E-state index contributed by atoms with van der Waals surface area (Å²) in [7, 11) is -3.36. The van der Waals surface area contributed by atoms with E-state index in [2.05, 4.69) is 15.6 Å². The summed E-state index contributed by atoms with van der Waals surface area (Å²) >= 11 is 0. The normalized spacial score (nSPS) is 17.2. The Morgan fingerprint density at radius 2 is 1.97 bits per heavy atom. The predicted octanol–water partition coefficient (Wildman–Crippen LogP) is 3.36. The molecule has 2 amide bonds. The van der Waals surface area contributed by atoms with Gasteiger partial charge < -0.3 is 15.4 Å². The van der Waals surface area contributed by atoms with Crippen LogP contribution >= 0.6 is 0 Å². The first-order valence-corrected chi connectivity index (χ1v) is 11.1. The topological polar surface area (TPSA) is 101 Å². The number of carbonyl (C=O) groups excluding carboxylic acids is 1. The largest absolute Gasteiger partial charge is 0.489 e. The van der Waals surface area contributed by atoms with E-state index in [9.17, 15) is 17.6 Å². The lowest BCUT2D eigenvalue weighted by Crippen LogP contribution is -2.35. The summed E-state index contributed by atoms with van der Waals surface area (Å²) in [6, 6.07) is 6.78. The van der Waals surface area contributed by atoms with E-state index in [0.717, 1.165) is 5.69 Å². The van der Waals surface area contributed by atoms with Crippen LogP contribution in [-0.2, 0) is 10.0 Å². The summed E-state index contributed by atoms with van der Waals surface area (Å²) in [5.41, 5.74) is 1.54. The molecule has 2 heterocycles. The predicted molar refractivity (Wildman–Crippen MR) is 113 cm³/mol. The van der Waals surface area contributed by atoms with Gasteiger partial charge in [-0.1, -0.05) is 0 Å². The van der Waals surface area contributed by atoms with Crippen molar-refractivity contribution >= 4 is 27.4 Å². The fraction of sp³-hybridized carbons (Fsp3) is 0.400. The van der Waals surface area contributed by atoms with Gasteiger partial charge in [-0.05, 0) is 45.4 Å². The van der Waals surface area contributed by atoms with Crippen LogP contribution in [0, 0.1) is 12.7 Å². The molecule has 1 saturated heterocycles. The summed E-state index contributed by atoms with van der Waals surface area (Å²) in [6.45, 7) is 5.66. The fourth-order valence-corrected chi connectivity index (χ4v) is 4.38. The van der Waals surface area contributed by atoms with Crippen LogP contribution in [0.5, 0.6) is 5.75 Å². The second-order valence-corrected chi connectivity index (χ2v) is 9.91. The number of nitrogens with one attached hydrogen (secondary N) is 2. The third-order valence-corrected chi connectivity index (χ3v) is 6.91. The Kier molecular flexibility index (Phi) is 6.57. The van der Waals surface area contributed by atoms with Gasteiger partial charge in [-0.3, -0.25) is 4.98 Å². The van der Waals surface area contributed by atoms with Crippen molar-refractivity contribution in [1.29, 1.82) is 0 Å². The number of carbonyl (C=O) groups is 1. The van der Waals surface area contributed by atoms with Gasteiger partial charge in [0.05, 0.1) is 23.7 Å². The minimum Gasteiger partial charge on any atom is -0.489 e. The van der Waals surface area contributed by atoms with Gasteiger partial charge in [0, 0.05) is 30.1 Å². The monoisotopic (exact) mass is 436 g/mol. The van der Waals surface area contributed by atoms with E-state index in [-0.39, 0.29) is 24.1 Å². The smallest absolute Gasteiger partial charge is 0.323 e. The van der Waals surface area contributed by atoms with E-state index in [1.54, 1.807) is 26.0 Å². The maximum Gasteiger partial charge on any atom is 0.323 e. The number of aryl methyl sites for hydroxylation is 1. The molecule has 1 aromatic heterocycles. The standard InChI is InChI=1S/C20H25FN4O4S/c1-13(2)30(27,28)25-7-6-18(12-25)29-19-9-15(21)8-17(10-19)24-20(26)23-16-5-4-14(3)22-11-16/h4-5,8-11,13,18H,6-7,12H2,1-3H3,(H2,23,24,26)/t18-/m0/s1. The van der Waals surface area contributed by atoms with Crippen molar-refractivity contribution in [2.24, 2.45) is 0 Å². The third-order valence-electron chi connectivity index (χ3n) is 4.66. The Bertz CT molecular complexity index is 1010. The fourth-order valence-electron chi connectivity index (χ4n) is 3.05. The lowest BCUT2D eigenvalue weighted by Gasteiger charge is -2.19. The Labute approximate surface area is 175 Å². The molecule has 3 rings (SSSR count). The van der Waals surface area contributed by atoms with Crippen molar-refractivity contribution in [2.75, 3.05) is 23.7 Å². The summed E-state index contributed by atoms with van der Waals surface area (Å²) in [5.74, 6) is -0.361. The molecule has 0 radical (unpaired) electrons. The van der Waals surface area contributed by atoms with Crippen LogP contribution in [0.3, 0.4) is 0 Å². The Hall–Kier alpha value is -2.72. The minimum atomic E-state index is -3.36. The number of halogens is 1. The summed E-state index contributed by atoms with van der Waals surface area (Å²) < 4.78 is 45.8. The molecule has 0 spiro atoms. The Morgan fingerprint density at radius 3 is 2.63 bits per heavy atom. The second kappa shape index (κ2) is 8.97. The highest BCUT2D eigenvalue weighted by Crippen LogP contribution is 2.25. The quantitative estimate of drug-likeness (QED) is 0.723. The summed E-state index contributed by atoms with van der Waals surface area (Å²) in [4.78, 5) is 16.3. The van der Waals surface area contributed by atoms with E-state index < -0.39 is 27.1 Å². The summed E-state index contributed by atoms with van der Waals surface area (Å²) in [5, 5.41) is 4.66.